The Morgan fingerprint density at radius 1 is 1.89 bits per heavy atom. The van der Waals surface area contributed by atoms with Crippen molar-refractivity contribution in [2.75, 3.05) is 0 Å². The van der Waals surface area contributed by atoms with E-state index in [4.69, 9.17) is 10.8 Å². The smallest absolute Gasteiger partial charge is 0.304 e. The topological polar surface area (TPSA) is 89.4 Å². The van der Waals surface area contributed by atoms with Crippen molar-refractivity contribution >= 4 is 5.91 Å². The first-order valence-corrected chi connectivity index (χ1v) is 2.14. The predicted molar refractivity (Wildman–Crippen MR) is 26.7 cm³/mol. The summed E-state index contributed by atoms with van der Waals surface area (Å²) < 4.78 is 4.39. The SMILES string of the molecule is NC(=O)c1nc(O)co1. The lowest BCUT2D eigenvalue weighted by Gasteiger charge is -1.78. The molecule has 5 nitrogen and oxygen atoms in total. The molecule has 3 N–H and O–H groups in total. The summed E-state index contributed by atoms with van der Waals surface area (Å²) in [5, 5.41) is 8.49. The Balaban J connectivity index is 2.98. The third-order valence-electron chi connectivity index (χ3n) is 0.703. The lowest BCUT2D eigenvalue weighted by molar-refractivity contribution is 0.0967. The minimum Gasteiger partial charge on any atom is -0.491 e. The van der Waals surface area contributed by atoms with Gasteiger partial charge >= 0.3 is 5.91 Å². The standard InChI is InChI=1S/C4H4N2O3/c5-3(8)4-6-2(7)1-9-4/h1,7H,(H2,5,8). The van der Waals surface area contributed by atoms with E-state index in [1.54, 1.807) is 0 Å². The van der Waals surface area contributed by atoms with Crippen LogP contribution in [0.2, 0.25) is 0 Å². The van der Waals surface area contributed by atoms with Gasteiger partial charge in [-0.2, -0.15) is 4.98 Å². The van der Waals surface area contributed by atoms with E-state index in [-0.39, 0.29) is 11.8 Å². The van der Waals surface area contributed by atoms with Gasteiger partial charge in [0, 0.05) is 0 Å². The second-order valence-corrected chi connectivity index (χ2v) is 1.38. The molecule has 0 aliphatic carbocycles. The van der Waals surface area contributed by atoms with Crippen molar-refractivity contribution in [2.45, 2.75) is 0 Å². The number of primary amides is 1. The Bertz CT molecular complexity index is 229. The minimum absolute atomic E-state index is 0.285. The molecule has 0 aromatic carbocycles. The van der Waals surface area contributed by atoms with Gasteiger partial charge in [-0.15, -0.1) is 0 Å². The number of oxazole rings is 1. The summed E-state index contributed by atoms with van der Waals surface area (Å²) in [4.78, 5) is 13.4. The van der Waals surface area contributed by atoms with Crippen LogP contribution in [-0.4, -0.2) is 16.0 Å². The number of aromatic hydroxyl groups is 1. The quantitative estimate of drug-likeness (QED) is 0.532. The molecule has 1 amide bonds. The zero-order chi connectivity index (χ0) is 6.85. The van der Waals surface area contributed by atoms with E-state index < -0.39 is 5.91 Å². The molecule has 1 rings (SSSR count). The lowest BCUT2D eigenvalue weighted by Crippen LogP contribution is -2.10. The van der Waals surface area contributed by atoms with Gasteiger partial charge in [0.2, 0.25) is 0 Å². The van der Waals surface area contributed by atoms with Gasteiger partial charge in [-0.25, -0.2) is 0 Å². The number of carbonyl (C=O) groups excluding carboxylic acids is 1. The molecule has 0 radical (unpaired) electrons. The van der Waals surface area contributed by atoms with Gasteiger partial charge in [0.15, 0.2) is 6.26 Å². The van der Waals surface area contributed by atoms with Gasteiger partial charge in [-0.05, 0) is 0 Å². The number of nitrogens with zero attached hydrogens (tertiary/aromatic N) is 1. The molecule has 0 aliphatic rings. The van der Waals surface area contributed by atoms with Crippen molar-refractivity contribution in [3.8, 4) is 5.88 Å². The lowest BCUT2D eigenvalue weighted by atomic mass is 10.6. The fraction of sp³-hybridized carbons (Fsp3) is 0. The zero-order valence-electron chi connectivity index (χ0n) is 4.37. The fourth-order valence-corrected chi connectivity index (χ4v) is 0.378. The average Bonchev–Trinajstić information content (AvgIpc) is 2.14. The average molecular weight is 128 g/mol. The minimum atomic E-state index is -0.796. The molecule has 0 saturated heterocycles. The largest absolute Gasteiger partial charge is 0.491 e. The van der Waals surface area contributed by atoms with Crippen LogP contribution < -0.4 is 5.73 Å². The number of rotatable bonds is 1. The van der Waals surface area contributed by atoms with Crippen LogP contribution in [0, 0.1) is 0 Å². The highest BCUT2D eigenvalue weighted by molar-refractivity contribution is 5.87. The molecule has 0 unspecified atom stereocenters. The van der Waals surface area contributed by atoms with E-state index in [1.165, 1.54) is 0 Å². The Kier molecular flexibility index (Phi) is 1.11. The van der Waals surface area contributed by atoms with Gasteiger partial charge in [0.05, 0.1) is 0 Å². The molecule has 0 saturated carbocycles. The van der Waals surface area contributed by atoms with E-state index in [1.807, 2.05) is 0 Å². The molecule has 5 heteroatoms. The van der Waals surface area contributed by atoms with Crippen molar-refractivity contribution in [1.82, 2.24) is 4.98 Å². The molecular weight excluding hydrogens is 124 g/mol. The number of hydrogen-bond acceptors (Lipinski definition) is 4. The van der Waals surface area contributed by atoms with Gasteiger partial charge in [0.25, 0.3) is 11.8 Å². The molecule has 1 aromatic heterocycles. The maximum absolute atomic E-state index is 10.2. The Hall–Kier alpha value is -1.52. The number of nitrogens with two attached hydrogens (primary N) is 1. The molecule has 0 atom stereocenters. The summed E-state index contributed by atoms with van der Waals surface area (Å²) >= 11 is 0. The molecule has 0 bridgehead atoms. The molecular formula is C4H4N2O3. The molecule has 1 heterocycles. The van der Waals surface area contributed by atoms with Crippen molar-refractivity contribution in [1.29, 1.82) is 0 Å². The van der Waals surface area contributed by atoms with Gasteiger partial charge < -0.3 is 15.3 Å². The number of hydrogen-bond donors (Lipinski definition) is 2. The van der Waals surface area contributed by atoms with Crippen molar-refractivity contribution in [3.63, 3.8) is 0 Å². The summed E-state index contributed by atoms with van der Waals surface area (Å²) in [6, 6.07) is 0. The molecule has 0 fully saturated rings. The first-order valence-electron chi connectivity index (χ1n) is 2.14. The summed E-state index contributed by atoms with van der Waals surface area (Å²) in [6.45, 7) is 0. The van der Waals surface area contributed by atoms with Crippen LogP contribution in [-0.2, 0) is 0 Å². The van der Waals surface area contributed by atoms with Gasteiger partial charge in [0.1, 0.15) is 0 Å². The predicted octanol–water partition coefficient (Wildman–Crippen LogP) is -0.521. The van der Waals surface area contributed by atoms with Crippen molar-refractivity contribution in [2.24, 2.45) is 5.73 Å². The first kappa shape index (κ1) is 5.61. The molecule has 48 valence electrons. The maximum atomic E-state index is 10.2. The van der Waals surface area contributed by atoms with Crippen molar-refractivity contribution < 1.29 is 14.3 Å². The van der Waals surface area contributed by atoms with Crippen LogP contribution >= 0.6 is 0 Å². The summed E-state index contributed by atoms with van der Waals surface area (Å²) in [7, 11) is 0. The van der Waals surface area contributed by atoms with Crippen LogP contribution in [0.25, 0.3) is 0 Å². The third-order valence-corrected chi connectivity index (χ3v) is 0.703. The van der Waals surface area contributed by atoms with Crippen LogP contribution in [0.15, 0.2) is 10.7 Å². The molecule has 0 aliphatic heterocycles. The van der Waals surface area contributed by atoms with Gasteiger partial charge in [-0.1, -0.05) is 0 Å². The van der Waals surface area contributed by atoms with Crippen LogP contribution in [0.3, 0.4) is 0 Å². The number of amides is 1. The number of aromatic nitrogens is 1. The van der Waals surface area contributed by atoms with Gasteiger partial charge in [-0.3, -0.25) is 4.79 Å². The van der Waals surface area contributed by atoms with Crippen molar-refractivity contribution in [3.05, 3.63) is 12.2 Å². The second kappa shape index (κ2) is 1.77. The summed E-state index contributed by atoms with van der Waals surface area (Å²) in [5.74, 6) is -1.42. The van der Waals surface area contributed by atoms with E-state index in [0.717, 1.165) is 6.26 Å². The monoisotopic (exact) mass is 128 g/mol. The zero-order valence-corrected chi connectivity index (χ0v) is 4.37. The highest BCUT2D eigenvalue weighted by Gasteiger charge is 2.06. The van der Waals surface area contributed by atoms with E-state index in [2.05, 4.69) is 9.40 Å². The summed E-state index contributed by atoms with van der Waals surface area (Å²) in [5.41, 5.74) is 4.72. The molecule has 9 heavy (non-hydrogen) atoms. The van der Waals surface area contributed by atoms with E-state index >= 15 is 0 Å². The number of carbonyl (C=O) groups is 1. The highest BCUT2D eigenvalue weighted by Crippen LogP contribution is 2.05. The fourth-order valence-electron chi connectivity index (χ4n) is 0.378. The highest BCUT2D eigenvalue weighted by atomic mass is 16.4. The summed E-state index contributed by atoms with van der Waals surface area (Å²) in [6.07, 6.45) is 0.931. The second-order valence-electron chi connectivity index (χ2n) is 1.38. The Morgan fingerprint density at radius 3 is 2.78 bits per heavy atom. The Morgan fingerprint density at radius 2 is 2.56 bits per heavy atom. The normalized spacial score (nSPS) is 9.33. The van der Waals surface area contributed by atoms with E-state index in [9.17, 15) is 4.79 Å². The van der Waals surface area contributed by atoms with Crippen LogP contribution in [0.1, 0.15) is 10.7 Å². The molecule has 1 aromatic rings. The van der Waals surface area contributed by atoms with E-state index in [0.29, 0.717) is 0 Å². The van der Waals surface area contributed by atoms with Crippen LogP contribution in [0.5, 0.6) is 5.88 Å². The first-order chi connectivity index (χ1) is 4.20. The maximum Gasteiger partial charge on any atom is 0.304 e. The van der Waals surface area contributed by atoms with Crippen LogP contribution in [0.4, 0.5) is 0 Å². The molecule has 0 spiro atoms. The Labute approximate surface area is 50.1 Å². The third kappa shape index (κ3) is 0.987.